The second kappa shape index (κ2) is 11.3. The molecule has 4 aromatic carbocycles. The van der Waals surface area contributed by atoms with E-state index in [1.165, 1.54) is 18.2 Å². The van der Waals surface area contributed by atoms with Gasteiger partial charge in [0.15, 0.2) is 0 Å². The third-order valence-corrected chi connectivity index (χ3v) is 6.73. The average molecular weight is 563 g/mol. The summed E-state index contributed by atoms with van der Waals surface area (Å²) in [5, 5.41) is 40.5. The molecule has 0 fully saturated rings. The molecular formula is C20H11N3Na2O10S2. The van der Waals surface area contributed by atoms with Crippen LogP contribution in [0.15, 0.2) is 74.6 Å². The number of rotatable bonds is 5. The molecule has 2 N–H and O–H groups in total. The van der Waals surface area contributed by atoms with Crippen LogP contribution in [0.4, 0.5) is 17.1 Å². The number of nitro groups is 1. The Labute approximate surface area is 253 Å². The molecule has 4 rings (SSSR count). The van der Waals surface area contributed by atoms with Gasteiger partial charge in [-0.25, -0.2) is 8.42 Å². The van der Waals surface area contributed by atoms with Crippen LogP contribution in [0.3, 0.4) is 0 Å². The second-order valence-corrected chi connectivity index (χ2v) is 9.89. The number of hydrogen-bond acceptors (Lipinski definition) is 11. The summed E-state index contributed by atoms with van der Waals surface area (Å²) in [6.07, 6.45) is 0. The molecule has 0 aliphatic rings. The van der Waals surface area contributed by atoms with Crippen LogP contribution in [0.2, 0.25) is 0 Å². The number of phenols is 1. The first kappa shape index (κ1) is 31.0. The molecule has 4 aromatic rings. The zero-order chi connectivity index (χ0) is 25.7. The van der Waals surface area contributed by atoms with Gasteiger partial charge in [-0.05, 0) is 23.6 Å². The molecular weight excluding hydrogens is 552 g/mol. The molecule has 180 valence electrons. The van der Waals surface area contributed by atoms with E-state index >= 15 is 0 Å². The van der Waals surface area contributed by atoms with Crippen LogP contribution in [0.1, 0.15) is 0 Å². The van der Waals surface area contributed by atoms with Crippen molar-refractivity contribution in [2.24, 2.45) is 10.2 Å². The van der Waals surface area contributed by atoms with Crippen LogP contribution in [-0.4, -0.2) is 36.0 Å². The molecule has 37 heavy (non-hydrogen) atoms. The van der Waals surface area contributed by atoms with Gasteiger partial charge in [-0.3, -0.25) is 14.7 Å². The molecule has 13 nitrogen and oxygen atoms in total. The van der Waals surface area contributed by atoms with Gasteiger partial charge in [0, 0.05) is 34.4 Å². The Morgan fingerprint density at radius 1 is 0.811 bits per heavy atom. The molecule has 0 radical (unpaired) electrons. The summed E-state index contributed by atoms with van der Waals surface area (Å²) in [4.78, 5) is 8.74. The topological polar surface area (TPSA) is 223 Å². The zero-order valence-electron chi connectivity index (χ0n) is 19.0. The van der Waals surface area contributed by atoms with Crippen molar-refractivity contribution in [1.29, 1.82) is 0 Å². The molecule has 0 amide bonds. The van der Waals surface area contributed by atoms with E-state index in [0.717, 1.165) is 30.3 Å². The maximum atomic E-state index is 12.2. The third kappa shape index (κ3) is 6.28. The average Bonchev–Trinajstić information content (AvgIpc) is 2.76. The maximum absolute atomic E-state index is 12.2. The molecule has 0 spiro atoms. The summed E-state index contributed by atoms with van der Waals surface area (Å²) in [6.45, 7) is 0. The van der Waals surface area contributed by atoms with E-state index in [4.69, 9.17) is 0 Å². The van der Waals surface area contributed by atoms with E-state index in [0.29, 0.717) is 6.07 Å². The van der Waals surface area contributed by atoms with Crippen LogP contribution in [-0.2, 0) is 20.2 Å². The molecule has 0 saturated heterocycles. The number of benzene rings is 4. The van der Waals surface area contributed by atoms with Crippen molar-refractivity contribution in [3.63, 3.8) is 0 Å². The number of nitrogens with zero attached hydrogens (tertiary/aromatic N) is 3. The van der Waals surface area contributed by atoms with E-state index < -0.39 is 63.2 Å². The standard InChI is InChI=1S/C20H13N3O10S2.2Na/c24-16-3-1-2-12-14(16)6-10(7-18(12)34(28,29)30)21-22-20-13-5-4-11(23(26)27)8-15(13)19(9-17(20)25)35(31,32)33;;/h1-9,24-25H,(H,28,29,30)(H,31,32,33);;/q;2*+1/p-2. The smallest absolute Gasteiger partial charge is 0.872 e. The van der Waals surface area contributed by atoms with Crippen LogP contribution in [0, 0.1) is 10.1 Å². The van der Waals surface area contributed by atoms with Gasteiger partial charge < -0.3 is 14.8 Å². The summed E-state index contributed by atoms with van der Waals surface area (Å²) in [7, 11) is -9.95. The van der Waals surface area contributed by atoms with Crippen LogP contribution in [0.25, 0.3) is 21.5 Å². The SMILES string of the molecule is O=[N+]([O-])c1ccc2c(N=Nc3cc(S(=O)(=O)O)c4cccc([O-])c4c3)c(O)cc(S(=O)(=O)[O-])c2c1.[Na+].[Na+]. The Kier molecular flexibility index (Phi) is 9.47. The van der Waals surface area contributed by atoms with Crippen LogP contribution in [0.5, 0.6) is 11.5 Å². The third-order valence-electron chi connectivity index (χ3n) is 4.96. The minimum absolute atomic E-state index is 0. The molecule has 0 aliphatic heterocycles. The molecule has 0 heterocycles. The molecule has 0 saturated carbocycles. The van der Waals surface area contributed by atoms with Gasteiger partial charge in [0.25, 0.3) is 15.8 Å². The predicted molar refractivity (Wildman–Crippen MR) is 118 cm³/mol. The van der Waals surface area contributed by atoms with Gasteiger partial charge in [-0.15, -0.1) is 10.9 Å². The summed E-state index contributed by atoms with van der Waals surface area (Å²) >= 11 is 0. The Balaban J connectivity index is 0.00000241. The fourth-order valence-electron chi connectivity index (χ4n) is 3.46. The summed E-state index contributed by atoms with van der Waals surface area (Å²) in [5.74, 6) is -1.39. The second-order valence-electron chi connectivity index (χ2n) is 7.15. The molecule has 0 unspecified atom stereocenters. The van der Waals surface area contributed by atoms with Crippen LogP contribution >= 0.6 is 0 Å². The number of non-ortho nitro benzene ring substituents is 1. The van der Waals surface area contributed by atoms with Gasteiger partial charge in [-0.2, -0.15) is 13.5 Å². The zero-order valence-corrected chi connectivity index (χ0v) is 24.6. The van der Waals surface area contributed by atoms with Gasteiger partial charge in [0.05, 0.1) is 15.5 Å². The van der Waals surface area contributed by atoms with Crippen molar-refractivity contribution in [2.45, 2.75) is 9.79 Å². The molecule has 0 atom stereocenters. The van der Waals surface area contributed by atoms with E-state index in [1.54, 1.807) is 0 Å². The Bertz CT molecular complexity index is 1810. The first-order chi connectivity index (χ1) is 16.3. The maximum Gasteiger partial charge on any atom is 1.00 e. The number of hydrogen-bond donors (Lipinski definition) is 2. The Hall–Kier alpha value is -2.18. The number of nitro benzene ring substituents is 1. The van der Waals surface area contributed by atoms with E-state index in [-0.39, 0.29) is 81.0 Å². The van der Waals surface area contributed by atoms with Crippen molar-refractivity contribution in [3.8, 4) is 11.5 Å². The number of azo groups is 1. The summed E-state index contributed by atoms with van der Waals surface area (Å²) < 4.78 is 68.2. The number of aromatic hydroxyl groups is 1. The predicted octanol–water partition coefficient (Wildman–Crippen LogP) is -2.75. The quantitative estimate of drug-likeness (QED) is 0.0837. The first-order valence-corrected chi connectivity index (χ1v) is 12.2. The van der Waals surface area contributed by atoms with Crippen molar-refractivity contribution >= 4 is 58.8 Å². The monoisotopic (exact) mass is 563 g/mol. The fraction of sp³-hybridized carbons (Fsp3) is 0. The normalized spacial score (nSPS) is 11.8. The van der Waals surface area contributed by atoms with Crippen molar-refractivity contribution in [1.82, 2.24) is 0 Å². The van der Waals surface area contributed by atoms with Crippen LogP contribution < -0.4 is 64.2 Å². The van der Waals surface area contributed by atoms with E-state index in [1.807, 2.05) is 0 Å². The molecule has 0 aromatic heterocycles. The number of phenolic OH excluding ortho intramolecular Hbond substituents is 1. The molecule has 0 aliphatic carbocycles. The minimum Gasteiger partial charge on any atom is -0.872 e. The largest absolute Gasteiger partial charge is 1.00 e. The van der Waals surface area contributed by atoms with Crippen molar-refractivity contribution in [2.75, 3.05) is 0 Å². The van der Waals surface area contributed by atoms with Gasteiger partial charge in [-0.1, -0.05) is 18.2 Å². The fourth-order valence-corrected chi connectivity index (χ4v) is 4.88. The molecule has 0 bridgehead atoms. The van der Waals surface area contributed by atoms with Gasteiger partial charge in [0.1, 0.15) is 26.5 Å². The van der Waals surface area contributed by atoms with E-state index in [2.05, 4.69) is 10.2 Å². The molecule has 17 heteroatoms. The van der Waals surface area contributed by atoms with Gasteiger partial charge in [0.2, 0.25) is 0 Å². The number of fused-ring (bicyclic) bond motifs is 2. The van der Waals surface area contributed by atoms with Crippen molar-refractivity contribution < 1.29 is 100 Å². The first-order valence-electron chi connectivity index (χ1n) is 9.30. The van der Waals surface area contributed by atoms with E-state index in [9.17, 15) is 46.3 Å². The minimum atomic E-state index is -5.16. The Morgan fingerprint density at radius 2 is 1.49 bits per heavy atom. The Morgan fingerprint density at radius 3 is 2.08 bits per heavy atom. The van der Waals surface area contributed by atoms with Gasteiger partial charge >= 0.3 is 59.1 Å². The van der Waals surface area contributed by atoms with Crippen molar-refractivity contribution in [3.05, 3.63) is 64.7 Å². The summed E-state index contributed by atoms with van der Waals surface area (Å²) in [6, 6.07) is 9.26. The summed E-state index contributed by atoms with van der Waals surface area (Å²) in [5.41, 5.74) is -1.17.